The van der Waals surface area contributed by atoms with Crippen LogP contribution in [-0.4, -0.2) is 87.1 Å². The van der Waals surface area contributed by atoms with Crippen LogP contribution in [0.4, 0.5) is 5.69 Å². The van der Waals surface area contributed by atoms with Crippen LogP contribution in [0.15, 0.2) is 35.0 Å². The first-order valence-corrected chi connectivity index (χ1v) is 16.1. The normalized spacial score (nSPS) is 35.1. The zero-order valence-corrected chi connectivity index (χ0v) is 26.9. The van der Waals surface area contributed by atoms with E-state index in [-0.39, 0.29) is 48.1 Å². The fourth-order valence-corrected chi connectivity index (χ4v) is 9.23. The molecule has 0 saturated heterocycles. The molecule has 0 spiro atoms. The van der Waals surface area contributed by atoms with E-state index < -0.39 is 65.0 Å². The maximum atomic E-state index is 12.7. The van der Waals surface area contributed by atoms with Gasteiger partial charge in [-0.15, -0.1) is 0 Å². The van der Waals surface area contributed by atoms with Gasteiger partial charge < -0.3 is 40.5 Å². The number of esters is 1. The van der Waals surface area contributed by atoms with Gasteiger partial charge in [-0.3, -0.25) is 9.59 Å². The van der Waals surface area contributed by atoms with Gasteiger partial charge >= 0.3 is 5.97 Å². The minimum Gasteiger partial charge on any atom is -0.595 e. The summed E-state index contributed by atoms with van der Waals surface area (Å²) < 4.78 is 4.80. The number of quaternary nitrogens is 1. The lowest BCUT2D eigenvalue weighted by Crippen LogP contribution is -2.99. The van der Waals surface area contributed by atoms with Crippen LogP contribution in [0.5, 0.6) is 5.75 Å². The molecule has 3 saturated carbocycles. The summed E-state index contributed by atoms with van der Waals surface area (Å²) in [7, 11) is 1.16. The highest BCUT2D eigenvalue weighted by Crippen LogP contribution is 2.67. The third-order valence-corrected chi connectivity index (χ3v) is 11.6. The number of nitrogens with zero attached hydrogens (tertiary/aromatic N) is 1. The number of aliphatic hydroxyl groups is 3. The van der Waals surface area contributed by atoms with E-state index in [4.69, 9.17) is 9.57 Å². The number of hydrogen-bond donors (Lipinski definition) is 7. The van der Waals surface area contributed by atoms with Crippen molar-refractivity contribution >= 4 is 29.1 Å². The highest BCUT2D eigenvalue weighted by molar-refractivity contribution is 5.96. The number of carbonyl (C=O) groups excluding carboxylic acids is 3. The molecule has 0 aliphatic heterocycles. The molecule has 14 nitrogen and oxygen atoms in total. The number of phenols is 1. The highest BCUT2D eigenvalue weighted by atomic mass is 16.8. The number of Topliss-reactive ketones (excluding diaryl/α,β-unsaturated/α-hetero) is 1. The number of aromatic hydroxyl groups is 1. The van der Waals surface area contributed by atoms with Crippen LogP contribution < -0.4 is 10.5 Å². The van der Waals surface area contributed by atoms with Crippen molar-refractivity contribution in [2.75, 3.05) is 20.3 Å². The van der Waals surface area contributed by atoms with Gasteiger partial charge in [0, 0.05) is 17.9 Å². The number of amides is 1. The van der Waals surface area contributed by atoms with Crippen molar-refractivity contribution in [1.82, 2.24) is 5.32 Å². The summed E-state index contributed by atoms with van der Waals surface area (Å²) in [5, 5.41) is 68.3. The molecular weight excluding hydrogens is 614 g/mol. The first-order valence-electron chi connectivity index (χ1n) is 16.1. The zero-order valence-electron chi connectivity index (χ0n) is 26.9. The quantitative estimate of drug-likeness (QED) is 0.105. The lowest BCUT2D eigenvalue weighted by molar-refractivity contribution is -0.991. The Morgan fingerprint density at radius 1 is 1.19 bits per heavy atom. The van der Waals surface area contributed by atoms with E-state index >= 15 is 0 Å². The molecule has 47 heavy (non-hydrogen) atoms. The van der Waals surface area contributed by atoms with E-state index in [1.807, 2.05) is 13.0 Å². The monoisotopic (exact) mass is 659 g/mol. The summed E-state index contributed by atoms with van der Waals surface area (Å²) >= 11 is 0. The maximum Gasteiger partial charge on any atom is 0.328 e. The molecule has 4 aliphatic rings. The van der Waals surface area contributed by atoms with Crippen LogP contribution in [0, 0.1) is 33.8 Å². The van der Waals surface area contributed by atoms with Crippen LogP contribution in [-0.2, 0) is 30.4 Å². The summed E-state index contributed by atoms with van der Waals surface area (Å²) in [5.41, 5.74) is -0.920. The molecular formula is C33H45N3O11. The minimum atomic E-state index is -1.64. The number of fused-ring (bicyclic) bond motifs is 5. The Kier molecular flexibility index (Phi) is 9.84. The minimum absolute atomic E-state index is 0.0498. The third-order valence-electron chi connectivity index (χ3n) is 11.6. The number of nitrogens with one attached hydrogen (secondary N) is 2. The fraction of sp³-hybridized carbons (Fsp3) is 0.636. The van der Waals surface area contributed by atoms with Crippen molar-refractivity contribution in [2.24, 2.45) is 33.7 Å². The van der Waals surface area contributed by atoms with Gasteiger partial charge in [0.05, 0.1) is 18.9 Å². The second kappa shape index (κ2) is 13.2. The second-order valence-electron chi connectivity index (χ2n) is 14.0. The molecule has 3 fully saturated rings. The summed E-state index contributed by atoms with van der Waals surface area (Å²) in [5.74, 6) is -2.27. The van der Waals surface area contributed by atoms with E-state index in [0.29, 0.717) is 30.5 Å². The Balaban J connectivity index is 1.23. The van der Waals surface area contributed by atoms with Gasteiger partial charge in [-0.05, 0) is 85.8 Å². The van der Waals surface area contributed by atoms with Gasteiger partial charge in [0.25, 0.3) is 5.91 Å². The molecule has 0 radical (unpaired) electrons. The number of phenolic OH excluding ortho intramolecular Hbond substituents is 1. The lowest BCUT2D eigenvalue weighted by Gasteiger charge is -2.60. The molecule has 4 aliphatic carbocycles. The largest absolute Gasteiger partial charge is 0.595 e. The van der Waals surface area contributed by atoms with E-state index in [1.54, 1.807) is 0 Å². The number of rotatable bonds is 10. The van der Waals surface area contributed by atoms with Gasteiger partial charge in [0.1, 0.15) is 18.2 Å². The summed E-state index contributed by atoms with van der Waals surface area (Å²) in [6.07, 6.45) is 5.18. The van der Waals surface area contributed by atoms with Gasteiger partial charge in [-0.25, -0.2) is 10.0 Å². The second-order valence-corrected chi connectivity index (χ2v) is 14.0. The van der Waals surface area contributed by atoms with Gasteiger partial charge in [-0.2, -0.15) is 5.23 Å². The molecule has 9 atom stereocenters. The molecule has 14 heteroatoms. The van der Waals surface area contributed by atoms with Crippen molar-refractivity contribution in [3.8, 4) is 5.75 Å². The van der Waals surface area contributed by atoms with Crippen molar-refractivity contribution < 1.29 is 54.8 Å². The van der Waals surface area contributed by atoms with Gasteiger partial charge in [0.2, 0.25) is 5.69 Å². The third kappa shape index (κ3) is 6.18. The Morgan fingerprint density at radius 3 is 2.62 bits per heavy atom. The number of methoxy groups -OCH3 is 1. The van der Waals surface area contributed by atoms with Crippen molar-refractivity contribution in [1.29, 1.82) is 0 Å². The number of oxime groups is 1. The number of ketones is 1. The van der Waals surface area contributed by atoms with Crippen molar-refractivity contribution in [2.45, 2.75) is 83.0 Å². The van der Waals surface area contributed by atoms with Gasteiger partial charge in [0.15, 0.2) is 18.1 Å². The Morgan fingerprint density at radius 2 is 1.94 bits per heavy atom. The smallest absolute Gasteiger partial charge is 0.328 e. The number of carbonyl (C=O) groups is 3. The Bertz CT molecular complexity index is 1460. The summed E-state index contributed by atoms with van der Waals surface area (Å²) in [6.45, 7) is 2.85. The zero-order chi connectivity index (χ0) is 34.3. The standard InChI is InChI=1S/C33H45N3O11/c1-31-10-8-20(35-47-17-28(41)34-23(30(42)46-3)12-18-4-7-25(38)24(13-18)36(44)45)14-19(31)5-6-21-22-9-11-33(43,27(40)16-37)32(22,2)15-26(39)29(21)31/h4,7,13-14,21-23,26,29,36-39,43-44H,5-6,8-12,15-17H2,1-3H3,(H,34,41)/b35-20-/t21?,22?,23?,26?,29?,31-,32-,33-/m0/s1. The van der Waals surface area contributed by atoms with E-state index in [9.17, 15) is 45.2 Å². The average Bonchev–Trinajstić information content (AvgIpc) is 3.30. The predicted octanol–water partition coefficient (Wildman–Crippen LogP) is 0.595. The number of hydrogen-bond acceptors (Lipinski definition) is 12. The van der Waals surface area contributed by atoms with E-state index in [1.165, 1.54) is 18.2 Å². The number of allylic oxidation sites excluding steroid dienone is 2. The molecule has 6 unspecified atom stereocenters. The molecule has 1 aromatic rings. The molecule has 1 aromatic carbocycles. The van der Waals surface area contributed by atoms with E-state index in [2.05, 4.69) is 17.4 Å². The summed E-state index contributed by atoms with van der Waals surface area (Å²) in [4.78, 5) is 43.1. The molecule has 5 rings (SSSR count). The predicted molar refractivity (Wildman–Crippen MR) is 165 cm³/mol. The topological polar surface area (TPSA) is 223 Å². The molecule has 7 N–H and O–H groups in total. The van der Waals surface area contributed by atoms with Crippen LogP contribution in [0.3, 0.4) is 0 Å². The first-order chi connectivity index (χ1) is 22.2. The highest BCUT2D eigenvalue weighted by Gasteiger charge is 2.68. The van der Waals surface area contributed by atoms with E-state index in [0.717, 1.165) is 25.5 Å². The van der Waals surface area contributed by atoms with Crippen molar-refractivity contribution in [3.63, 3.8) is 0 Å². The fourth-order valence-electron chi connectivity index (χ4n) is 9.23. The molecule has 1 amide bonds. The SMILES string of the molecule is COC(=O)C(Cc1ccc(O)c([NH+]([O-])O)c1)NC(=O)CO/N=C1\C=C2CCC3C(C(O)C[C@@]4(C)C3CC[C@]4(O)C(=O)CO)[C@@]2(C)CC1. The summed E-state index contributed by atoms with van der Waals surface area (Å²) in [6, 6.07) is 2.73. The maximum absolute atomic E-state index is 12.7. The number of benzene rings is 1. The average molecular weight is 660 g/mol. The van der Waals surface area contributed by atoms with Crippen molar-refractivity contribution in [3.05, 3.63) is 40.6 Å². The number of aliphatic hydroxyl groups excluding tert-OH is 2. The van der Waals surface area contributed by atoms with Crippen LogP contribution >= 0.6 is 0 Å². The molecule has 258 valence electrons. The lowest BCUT2D eigenvalue weighted by atomic mass is 9.45. The molecule has 0 aromatic heterocycles. The van der Waals surface area contributed by atoms with Crippen LogP contribution in [0.2, 0.25) is 0 Å². The van der Waals surface area contributed by atoms with Crippen LogP contribution in [0.1, 0.15) is 64.4 Å². The molecule has 0 bridgehead atoms. The van der Waals surface area contributed by atoms with Crippen LogP contribution in [0.25, 0.3) is 0 Å². The Hall–Kier alpha value is -3.40. The van der Waals surface area contributed by atoms with Gasteiger partial charge in [-0.1, -0.05) is 30.6 Å². The molecule has 0 heterocycles. The Labute approximate surface area is 272 Å². The first kappa shape index (κ1) is 34.9. The number of ether oxygens (including phenoxy) is 1.